The number of hydrogen-bond acceptors (Lipinski definition) is 6. The number of allylic oxidation sites excluding steroid dienone is 2. The van der Waals surface area contributed by atoms with Crippen LogP contribution < -0.4 is 9.64 Å². The lowest BCUT2D eigenvalue weighted by Crippen LogP contribution is -2.60. The highest BCUT2D eigenvalue weighted by molar-refractivity contribution is 9.10. The van der Waals surface area contributed by atoms with Gasteiger partial charge >= 0.3 is 0 Å². The van der Waals surface area contributed by atoms with Crippen LogP contribution in [0.1, 0.15) is 24.3 Å². The molecule has 2 aromatic carbocycles. The zero-order valence-corrected chi connectivity index (χ0v) is 25.6. The Kier molecular flexibility index (Phi) is 6.64. The molecule has 8 nitrogen and oxygen atoms in total. The van der Waals surface area contributed by atoms with Crippen LogP contribution in [0, 0.1) is 17.8 Å². The minimum Gasteiger partial charge on any atom is -0.504 e. The Morgan fingerprint density at radius 1 is 1.02 bits per heavy atom. The summed E-state index contributed by atoms with van der Waals surface area (Å²) in [6.45, 7) is 0. The van der Waals surface area contributed by atoms with Crippen LogP contribution in [0.15, 0.2) is 58.6 Å². The third-order valence-corrected chi connectivity index (χ3v) is 11.1. The van der Waals surface area contributed by atoms with E-state index in [1.807, 2.05) is 6.08 Å². The van der Waals surface area contributed by atoms with Crippen LogP contribution in [-0.4, -0.2) is 55.9 Å². The summed E-state index contributed by atoms with van der Waals surface area (Å²) >= 11 is 21.0. The van der Waals surface area contributed by atoms with Gasteiger partial charge in [-0.05, 0) is 49.1 Å². The van der Waals surface area contributed by atoms with Gasteiger partial charge in [0, 0.05) is 16.0 Å². The molecule has 40 heavy (non-hydrogen) atoms. The van der Waals surface area contributed by atoms with Crippen molar-refractivity contribution in [2.45, 2.75) is 28.5 Å². The van der Waals surface area contributed by atoms with Crippen molar-refractivity contribution in [2.24, 2.45) is 17.8 Å². The number of para-hydroxylation sites is 1. The number of fused-ring (bicyclic) bond motifs is 4. The number of benzene rings is 2. The summed E-state index contributed by atoms with van der Waals surface area (Å²) in [5.41, 5.74) is 1.15. The smallest absolute Gasteiger partial charge is 0.254 e. The normalized spacial score (nSPS) is 33.1. The van der Waals surface area contributed by atoms with Gasteiger partial charge in [0.15, 0.2) is 21.2 Å². The molecule has 1 saturated carbocycles. The van der Waals surface area contributed by atoms with Gasteiger partial charge in [-0.1, -0.05) is 55.6 Å². The molecule has 2 aliphatic heterocycles. The minimum absolute atomic E-state index is 0.130. The van der Waals surface area contributed by atoms with Gasteiger partial charge in [-0.15, -0.1) is 23.2 Å². The maximum atomic E-state index is 14.0. The van der Waals surface area contributed by atoms with Crippen molar-refractivity contribution in [3.8, 4) is 11.5 Å². The number of alkyl halides is 3. The highest BCUT2D eigenvalue weighted by Crippen LogP contribution is 2.66. The van der Waals surface area contributed by atoms with Gasteiger partial charge in [0.1, 0.15) is 0 Å². The Morgan fingerprint density at radius 3 is 2.38 bits per heavy atom. The van der Waals surface area contributed by atoms with Crippen LogP contribution in [0.2, 0.25) is 0 Å². The number of aromatic hydroxyl groups is 1. The van der Waals surface area contributed by atoms with E-state index in [-0.39, 0.29) is 41.3 Å². The maximum Gasteiger partial charge on any atom is 0.254 e. The van der Waals surface area contributed by atoms with E-state index in [0.29, 0.717) is 11.3 Å². The molecular formula is C28H22Br2Cl2N2O6. The molecule has 6 rings (SSSR count). The first-order valence-electron chi connectivity index (χ1n) is 12.5. The number of amides is 4. The van der Waals surface area contributed by atoms with Crippen LogP contribution in [-0.2, 0) is 19.2 Å². The van der Waals surface area contributed by atoms with E-state index in [0.717, 1.165) is 9.37 Å². The van der Waals surface area contributed by atoms with Crippen LogP contribution >= 0.6 is 55.1 Å². The molecule has 2 aromatic rings. The number of ether oxygens (including phenoxy) is 1. The molecule has 208 valence electrons. The fourth-order valence-electron chi connectivity index (χ4n) is 6.88. The van der Waals surface area contributed by atoms with Gasteiger partial charge in [-0.25, -0.2) is 0 Å². The topological polar surface area (TPSA) is 104 Å². The highest BCUT2D eigenvalue weighted by atomic mass is 79.9. The number of halogens is 4. The Bertz CT molecular complexity index is 1520. The molecule has 4 aliphatic rings. The summed E-state index contributed by atoms with van der Waals surface area (Å²) in [5.74, 6) is -5.51. The Hall–Kier alpha value is -2.40. The summed E-state index contributed by atoms with van der Waals surface area (Å²) in [7, 11) is 1.39. The summed E-state index contributed by atoms with van der Waals surface area (Å²) in [4.78, 5) is 53.3. The monoisotopic (exact) mass is 710 g/mol. The number of methoxy groups -OCH3 is 1. The Morgan fingerprint density at radius 2 is 1.73 bits per heavy atom. The summed E-state index contributed by atoms with van der Waals surface area (Å²) < 4.78 is 6.12. The molecule has 3 fully saturated rings. The largest absolute Gasteiger partial charge is 0.504 e. The highest BCUT2D eigenvalue weighted by Gasteiger charge is 2.76. The molecule has 2 aliphatic carbocycles. The standard InChI is InChI=1S/C28H22Br2Cl2N2O6/c1-40-19-4-2-3-17(22(19)35)21-15-9-10-16-20(24(37)34(23(16)36)14-7-5-13(30)6-8-14)18(15)11-27(31)25(38)33(12-29)26(39)28(21,27)32/h2-9,16,18,20-21,35H,10-12H2,1H3/t16-,18+,20-,21+,27+,28-/m0/s1. The Labute approximate surface area is 256 Å². The fraction of sp³-hybridized carbons (Fsp3) is 0.357. The number of carbonyl (C=O) groups is 4. The third kappa shape index (κ3) is 3.48. The van der Waals surface area contributed by atoms with E-state index in [9.17, 15) is 24.3 Å². The minimum atomic E-state index is -2.00. The number of carbonyl (C=O) groups excluding carboxylic acids is 4. The summed E-state index contributed by atoms with van der Waals surface area (Å²) in [6, 6.07) is 11.7. The third-order valence-electron chi connectivity index (χ3n) is 8.66. The average Bonchev–Trinajstić information content (AvgIpc) is 3.27. The number of phenolic OH excluding ortho intramolecular Hbond substituents is 1. The van der Waals surface area contributed by atoms with Crippen LogP contribution in [0.4, 0.5) is 5.69 Å². The summed E-state index contributed by atoms with van der Waals surface area (Å²) in [6.07, 6.45) is 1.91. The first-order chi connectivity index (χ1) is 19.0. The lowest BCUT2D eigenvalue weighted by atomic mass is 9.56. The molecule has 0 unspecified atom stereocenters. The number of likely N-dealkylation sites (tertiary alicyclic amines) is 1. The van der Waals surface area contributed by atoms with Gasteiger partial charge in [0.25, 0.3) is 11.8 Å². The molecule has 2 saturated heterocycles. The van der Waals surface area contributed by atoms with Gasteiger partial charge < -0.3 is 9.84 Å². The van der Waals surface area contributed by atoms with Crippen molar-refractivity contribution in [1.29, 1.82) is 0 Å². The van der Waals surface area contributed by atoms with Crippen LogP contribution in [0.25, 0.3) is 0 Å². The van der Waals surface area contributed by atoms with Gasteiger partial charge in [-0.3, -0.25) is 29.0 Å². The molecule has 4 amide bonds. The molecule has 0 aromatic heterocycles. The van der Waals surface area contributed by atoms with Crippen LogP contribution in [0.5, 0.6) is 11.5 Å². The van der Waals surface area contributed by atoms with Gasteiger partial charge in [-0.2, -0.15) is 0 Å². The van der Waals surface area contributed by atoms with Gasteiger partial charge in [0.05, 0.1) is 30.1 Å². The number of anilines is 1. The second-order valence-electron chi connectivity index (χ2n) is 10.4. The van der Waals surface area contributed by atoms with E-state index >= 15 is 0 Å². The predicted molar refractivity (Wildman–Crippen MR) is 155 cm³/mol. The van der Waals surface area contributed by atoms with Crippen LogP contribution in [0.3, 0.4) is 0 Å². The second-order valence-corrected chi connectivity index (χ2v) is 13.0. The molecule has 6 atom stereocenters. The molecule has 0 spiro atoms. The number of nitrogens with zero attached hydrogens (tertiary/aromatic N) is 2. The molecule has 2 heterocycles. The van der Waals surface area contributed by atoms with Crippen molar-refractivity contribution in [1.82, 2.24) is 4.90 Å². The number of rotatable bonds is 4. The average molecular weight is 713 g/mol. The van der Waals surface area contributed by atoms with Gasteiger partial charge in [0.2, 0.25) is 11.8 Å². The Balaban J connectivity index is 1.54. The van der Waals surface area contributed by atoms with Crippen molar-refractivity contribution in [3.63, 3.8) is 0 Å². The SMILES string of the molecule is COc1cccc([C@H]2C3=CC[C@@H]4C(=O)N(c5ccc(Br)cc5)C(=O)[C@@H]4[C@@H]3C[C@@]3(Cl)C(=O)N(CBr)C(=O)[C@@]23Cl)c1O. The molecule has 1 N–H and O–H groups in total. The van der Waals surface area contributed by atoms with Crippen molar-refractivity contribution < 1.29 is 29.0 Å². The van der Waals surface area contributed by atoms with E-state index in [1.165, 1.54) is 12.0 Å². The summed E-state index contributed by atoms with van der Waals surface area (Å²) in [5, 5.41) is 11.2. The molecular weight excluding hydrogens is 691 g/mol. The lowest BCUT2D eigenvalue weighted by Gasteiger charge is -2.50. The van der Waals surface area contributed by atoms with Crippen molar-refractivity contribution >= 4 is 84.4 Å². The van der Waals surface area contributed by atoms with Crippen molar-refractivity contribution in [2.75, 3.05) is 17.5 Å². The molecule has 12 heteroatoms. The van der Waals surface area contributed by atoms with E-state index in [1.54, 1.807) is 42.5 Å². The first kappa shape index (κ1) is 27.8. The zero-order chi connectivity index (χ0) is 28.7. The van der Waals surface area contributed by atoms with E-state index < -0.39 is 51.1 Å². The maximum absolute atomic E-state index is 14.0. The zero-order valence-electron chi connectivity index (χ0n) is 20.9. The predicted octanol–water partition coefficient (Wildman–Crippen LogP) is 5.08. The molecule has 0 radical (unpaired) electrons. The lowest BCUT2D eigenvalue weighted by molar-refractivity contribution is -0.138. The quantitative estimate of drug-likeness (QED) is 0.205. The van der Waals surface area contributed by atoms with E-state index in [2.05, 4.69) is 31.9 Å². The number of phenols is 1. The van der Waals surface area contributed by atoms with Crippen molar-refractivity contribution in [3.05, 3.63) is 64.1 Å². The number of hydrogen-bond donors (Lipinski definition) is 1. The van der Waals surface area contributed by atoms with E-state index in [4.69, 9.17) is 27.9 Å². The fourth-order valence-corrected chi connectivity index (χ4v) is 8.56. The number of imide groups is 2. The second kappa shape index (κ2) is 9.58. The molecule has 0 bridgehead atoms. The first-order valence-corrected chi connectivity index (χ1v) is 15.2.